The normalized spacial score (nSPS) is 11.0. The van der Waals surface area contributed by atoms with Gasteiger partial charge in [-0.2, -0.15) is 0 Å². The fourth-order valence-corrected chi connectivity index (χ4v) is 3.85. The van der Waals surface area contributed by atoms with Crippen LogP contribution in [0.25, 0.3) is 28.7 Å². The number of hydrogen-bond donors (Lipinski definition) is 3. The number of rotatable bonds is 6. The lowest BCUT2D eigenvalue weighted by Crippen LogP contribution is -2.32. The zero-order chi connectivity index (χ0) is 24.1. The van der Waals surface area contributed by atoms with Crippen molar-refractivity contribution in [1.82, 2.24) is 5.32 Å². The molecule has 0 unspecified atom stereocenters. The van der Waals surface area contributed by atoms with Gasteiger partial charge in [-0.25, -0.2) is 0 Å². The van der Waals surface area contributed by atoms with Gasteiger partial charge in [0, 0.05) is 32.9 Å². The Labute approximate surface area is 210 Å². The Balaban J connectivity index is 1.31. The second-order valence-corrected chi connectivity index (χ2v) is 8.42. The van der Waals surface area contributed by atoms with E-state index in [9.17, 15) is 4.79 Å². The number of thiocarbonyl (C=S) groups is 1. The van der Waals surface area contributed by atoms with Gasteiger partial charge in [-0.3, -0.25) is 10.1 Å². The van der Waals surface area contributed by atoms with Gasteiger partial charge in [-0.1, -0.05) is 23.2 Å². The summed E-state index contributed by atoms with van der Waals surface area (Å²) in [6.07, 6.45) is 2.85. The Kier molecular flexibility index (Phi) is 7.49. The Hall–Kier alpha value is -3.36. The van der Waals surface area contributed by atoms with E-state index in [1.54, 1.807) is 54.6 Å². The van der Waals surface area contributed by atoms with Crippen molar-refractivity contribution in [3.05, 3.63) is 94.4 Å². The summed E-state index contributed by atoms with van der Waals surface area (Å²) < 4.78 is 11.2. The summed E-state index contributed by atoms with van der Waals surface area (Å²) in [4.78, 5) is 12.2. The predicted molar refractivity (Wildman–Crippen MR) is 138 cm³/mol. The van der Waals surface area contributed by atoms with E-state index in [1.807, 2.05) is 12.1 Å². The molecule has 0 atom stereocenters. The number of furan rings is 2. The first-order chi connectivity index (χ1) is 16.4. The molecule has 0 aliphatic rings. The number of carbonyl (C=O) groups excluding carboxylic acids is 1. The molecule has 0 aliphatic heterocycles. The summed E-state index contributed by atoms with van der Waals surface area (Å²) in [6.45, 7) is -0.153. The summed E-state index contributed by atoms with van der Waals surface area (Å²) >= 11 is 17.3. The largest absolute Gasteiger partial charge is 0.459 e. The van der Waals surface area contributed by atoms with E-state index in [0.29, 0.717) is 38.8 Å². The molecular weight excluding hydrogens is 495 g/mol. The van der Waals surface area contributed by atoms with Crippen LogP contribution >= 0.6 is 35.4 Å². The number of hydrogen-bond acceptors (Lipinski definition) is 5. The number of anilines is 1. The number of nitrogens with one attached hydrogen (secondary N) is 2. The second kappa shape index (κ2) is 10.7. The van der Waals surface area contributed by atoms with Crippen LogP contribution in [-0.2, 0) is 11.4 Å². The molecule has 4 aromatic rings. The lowest BCUT2D eigenvalue weighted by molar-refractivity contribution is -0.115. The molecule has 6 nitrogen and oxygen atoms in total. The molecular formula is C25H18Cl2N2O4S. The van der Waals surface area contributed by atoms with Gasteiger partial charge >= 0.3 is 0 Å². The van der Waals surface area contributed by atoms with Crippen LogP contribution < -0.4 is 10.6 Å². The third kappa shape index (κ3) is 6.15. The molecule has 0 saturated heterocycles. The van der Waals surface area contributed by atoms with Crippen molar-refractivity contribution in [2.24, 2.45) is 0 Å². The van der Waals surface area contributed by atoms with Crippen LogP contribution in [0, 0.1) is 0 Å². The molecule has 2 heterocycles. The van der Waals surface area contributed by atoms with Crippen LogP contribution in [0.15, 0.2) is 81.6 Å². The molecule has 0 spiro atoms. The summed E-state index contributed by atoms with van der Waals surface area (Å²) in [5, 5.41) is 15.8. The van der Waals surface area contributed by atoms with Crippen LogP contribution in [0.1, 0.15) is 11.5 Å². The zero-order valence-electron chi connectivity index (χ0n) is 17.5. The van der Waals surface area contributed by atoms with E-state index in [1.165, 1.54) is 12.2 Å². The van der Waals surface area contributed by atoms with Gasteiger partial charge in [0.05, 0.1) is 0 Å². The van der Waals surface area contributed by atoms with Crippen molar-refractivity contribution in [2.75, 3.05) is 5.32 Å². The fraction of sp³-hybridized carbons (Fsp3) is 0.0400. The van der Waals surface area contributed by atoms with Gasteiger partial charge in [0.1, 0.15) is 29.6 Å². The number of aliphatic hydroxyl groups excluding tert-OH is 1. The molecule has 3 N–H and O–H groups in total. The SMILES string of the molecule is O=C(/C=C/c1ccc(-c2cc(Cl)cc(Cl)c2)o1)NC(=S)Nc1ccc(-c2ccc(CO)o2)cc1. The van der Waals surface area contributed by atoms with E-state index < -0.39 is 5.91 Å². The first kappa shape index (κ1) is 23.8. The Morgan fingerprint density at radius 3 is 2.26 bits per heavy atom. The van der Waals surface area contributed by atoms with Gasteiger partial charge in [0.2, 0.25) is 5.91 Å². The third-order valence-electron chi connectivity index (χ3n) is 4.65. The van der Waals surface area contributed by atoms with E-state index >= 15 is 0 Å². The molecule has 34 heavy (non-hydrogen) atoms. The van der Waals surface area contributed by atoms with Gasteiger partial charge in [-0.05, 0) is 85.0 Å². The van der Waals surface area contributed by atoms with Crippen molar-refractivity contribution in [2.45, 2.75) is 6.61 Å². The molecule has 2 aromatic heterocycles. The van der Waals surface area contributed by atoms with Crippen molar-refractivity contribution < 1.29 is 18.7 Å². The summed E-state index contributed by atoms with van der Waals surface area (Å²) in [6, 6.07) is 19.4. The molecule has 4 rings (SSSR count). The minimum absolute atomic E-state index is 0.150. The topological polar surface area (TPSA) is 87.6 Å². The maximum absolute atomic E-state index is 12.2. The van der Waals surface area contributed by atoms with Gasteiger partial charge < -0.3 is 19.3 Å². The molecule has 0 saturated carbocycles. The third-order valence-corrected chi connectivity index (χ3v) is 5.29. The molecule has 0 fully saturated rings. The minimum Gasteiger partial charge on any atom is -0.459 e. The Morgan fingerprint density at radius 2 is 1.59 bits per heavy atom. The minimum atomic E-state index is -0.412. The highest BCUT2D eigenvalue weighted by Gasteiger charge is 2.08. The molecule has 0 aliphatic carbocycles. The monoisotopic (exact) mass is 512 g/mol. The van der Waals surface area contributed by atoms with E-state index in [4.69, 9.17) is 49.4 Å². The maximum Gasteiger partial charge on any atom is 0.250 e. The number of carbonyl (C=O) groups is 1. The van der Waals surface area contributed by atoms with Gasteiger partial charge in [0.15, 0.2) is 5.11 Å². The Bertz CT molecular complexity index is 1340. The summed E-state index contributed by atoms with van der Waals surface area (Å²) in [5.74, 6) is 1.79. The number of benzene rings is 2. The molecule has 1 amide bonds. The number of halogens is 2. The average molecular weight is 513 g/mol. The van der Waals surface area contributed by atoms with Crippen LogP contribution in [0.3, 0.4) is 0 Å². The standard InChI is InChI=1S/C25H18Cl2N2O4S/c26-17-11-16(12-18(27)13-17)23-8-5-20(32-23)7-10-24(31)29-25(34)28-19-3-1-15(2-4-19)22-9-6-21(14-30)33-22/h1-13,30H,14H2,(H2,28,29,31,34)/b10-7+. The molecule has 2 aromatic carbocycles. The maximum atomic E-state index is 12.2. The van der Waals surface area contributed by atoms with Crippen LogP contribution in [0.2, 0.25) is 10.0 Å². The van der Waals surface area contributed by atoms with E-state index in [2.05, 4.69) is 10.6 Å². The molecule has 0 radical (unpaired) electrons. The highest BCUT2D eigenvalue weighted by atomic mass is 35.5. The smallest absolute Gasteiger partial charge is 0.250 e. The highest BCUT2D eigenvalue weighted by Crippen LogP contribution is 2.29. The van der Waals surface area contributed by atoms with Gasteiger partial charge in [0.25, 0.3) is 0 Å². The quantitative estimate of drug-likeness (QED) is 0.201. The van der Waals surface area contributed by atoms with Gasteiger partial charge in [-0.15, -0.1) is 0 Å². The first-order valence-electron chi connectivity index (χ1n) is 10.1. The van der Waals surface area contributed by atoms with Crippen LogP contribution in [-0.4, -0.2) is 16.1 Å². The predicted octanol–water partition coefficient (Wildman–Crippen LogP) is 6.53. The fourth-order valence-electron chi connectivity index (χ4n) is 3.10. The van der Waals surface area contributed by atoms with E-state index in [-0.39, 0.29) is 11.7 Å². The lowest BCUT2D eigenvalue weighted by atomic mass is 10.1. The van der Waals surface area contributed by atoms with Crippen molar-refractivity contribution in [3.63, 3.8) is 0 Å². The molecule has 172 valence electrons. The number of aliphatic hydroxyl groups is 1. The molecule has 9 heteroatoms. The van der Waals surface area contributed by atoms with E-state index in [0.717, 1.165) is 11.1 Å². The van der Waals surface area contributed by atoms with Crippen LogP contribution in [0.4, 0.5) is 5.69 Å². The summed E-state index contributed by atoms with van der Waals surface area (Å²) in [5.41, 5.74) is 2.28. The van der Waals surface area contributed by atoms with Crippen molar-refractivity contribution in [3.8, 4) is 22.6 Å². The van der Waals surface area contributed by atoms with Crippen molar-refractivity contribution >= 4 is 58.2 Å². The molecule has 0 bridgehead atoms. The Morgan fingerprint density at radius 1 is 0.912 bits per heavy atom. The first-order valence-corrected chi connectivity index (χ1v) is 11.2. The highest BCUT2D eigenvalue weighted by molar-refractivity contribution is 7.80. The zero-order valence-corrected chi connectivity index (χ0v) is 19.9. The van der Waals surface area contributed by atoms with Crippen molar-refractivity contribution in [1.29, 1.82) is 0 Å². The second-order valence-electron chi connectivity index (χ2n) is 7.14. The van der Waals surface area contributed by atoms with Crippen LogP contribution in [0.5, 0.6) is 0 Å². The average Bonchev–Trinajstić information content (AvgIpc) is 3.47. The lowest BCUT2D eigenvalue weighted by Gasteiger charge is -2.08. The summed E-state index contributed by atoms with van der Waals surface area (Å²) in [7, 11) is 0. The number of amides is 1.